The van der Waals surface area contributed by atoms with E-state index in [9.17, 15) is 0 Å². The summed E-state index contributed by atoms with van der Waals surface area (Å²) < 4.78 is 5.52. The van der Waals surface area contributed by atoms with Crippen molar-refractivity contribution in [3.63, 3.8) is 0 Å². The Labute approximate surface area is 150 Å². The summed E-state index contributed by atoms with van der Waals surface area (Å²) in [6.45, 7) is 4.55. The lowest BCUT2D eigenvalue weighted by molar-refractivity contribution is 0.404. The van der Waals surface area contributed by atoms with E-state index in [0.717, 1.165) is 31.2 Å². The highest BCUT2D eigenvalue weighted by molar-refractivity contribution is 14.0. The van der Waals surface area contributed by atoms with Crippen molar-refractivity contribution >= 4 is 29.9 Å². The van der Waals surface area contributed by atoms with Gasteiger partial charge in [-0.3, -0.25) is 4.99 Å². The number of nitrogens with zero attached hydrogens (tertiary/aromatic N) is 2. The monoisotopic (exact) mass is 415 g/mol. The molecular weight excluding hydrogens is 389 g/mol. The maximum absolute atomic E-state index is 5.52. The van der Waals surface area contributed by atoms with Crippen LogP contribution in [0.25, 0.3) is 0 Å². The van der Waals surface area contributed by atoms with Crippen molar-refractivity contribution in [1.29, 1.82) is 0 Å². The third-order valence-corrected chi connectivity index (χ3v) is 4.88. The molecule has 1 aromatic carbocycles. The number of hydrogen-bond donors (Lipinski definition) is 1. The van der Waals surface area contributed by atoms with E-state index >= 15 is 0 Å². The van der Waals surface area contributed by atoms with Gasteiger partial charge < -0.3 is 15.0 Å². The third kappa shape index (κ3) is 3.19. The maximum atomic E-state index is 5.52. The summed E-state index contributed by atoms with van der Waals surface area (Å²) in [5.74, 6) is 2.04. The van der Waals surface area contributed by atoms with Gasteiger partial charge in [0.1, 0.15) is 5.75 Å². The number of aliphatic imine (C=N–C) groups is 1. The molecule has 0 bridgehead atoms. The van der Waals surface area contributed by atoms with Crippen LogP contribution >= 0.6 is 24.0 Å². The van der Waals surface area contributed by atoms with Crippen molar-refractivity contribution in [3.05, 3.63) is 29.8 Å². The van der Waals surface area contributed by atoms with Gasteiger partial charge in [0.25, 0.3) is 0 Å². The number of halogens is 1. The number of hydrogen-bond acceptors (Lipinski definition) is 2. The largest absolute Gasteiger partial charge is 0.496 e. The summed E-state index contributed by atoms with van der Waals surface area (Å²) in [6, 6.07) is 8.78. The zero-order chi connectivity index (χ0) is 14.9. The Morgan fingerprint density at radius 1 is 1.32 bits per heavy atom. The van der Waals surface area contributed by atoms with Crippen LogP contribution < -0.4 is 10.1 Å². The molecule has 1 aliphatic carbocycles. The quantitative estimate of drug-likeness (QED) is 0.469. The number of nitrogens with one attached hydrogen (secondary N) is 1. The van der Waals surface area contributed by atoms with Crippen molar-refractivity contribution in [2.45, 2.75) is 37.6 Å². The predicted octanol–water partition coefficient (Wildman–Crippen LogP) is 3.01. The standard InChI is InChI=1S/C17H25N3O.HI/c1-17(13-8-4-5-9-14(13)21-3)12-15(17)19-16(18-2)20-10-6-7-11-20;/h4-5,8-9,15H,6-7,10-12H2,1-3H3,(H,18,19);1H. The summed E-state index contributed by atoms with van der Waals surface area (Å²) >= 11 is 0. The fraction of sp³-hybridized carbons (Fsp3) is 0.588. The molecule has 1 N–H and O–H groups in total. The molecule has 1 aromatic rings. The fourth-order valence-corrected chi connectivity index (χ4v) is 3.37. The van der Waals surface area contributed by atoms with Gasteiger partial charge in [0, 0.05) is 37.2 Å². The number of methoxy groups -OCH3 is 1. The first-order valence-electron chi connectivity index (χ1n) is 7.81. The van der Waals surface area contributed by atoms with Crippen molar-refractivity contribution in [2.75, 3.05) is 27.2 Å². The van der Waals surface area contributed by atoms with E-state index in [2.05, 4.69) is 34.3 Å². The van der Waals surface area contributed by atoms with E-state index < -0.39 is 0 Å². The molecule has 3 rings (SSSR count). The normalized spacial score (nSPS) is 27.3. The molecule has 2 aliphatic rings. The Bertz CT molecular complexity index is 542. The van der Waals surface area contributed by atoms with Crippen LogP contribution in [0.4, 0.5) is 0 Å². The Morgan fingerprint density at radius 2 is 2.00 bits per heavy atom. The van der Waals surface area contributed by atoms with Gasteiger partial charge in [0.05, 0.1) is 7.11 Å². The molecule has 0 aromatic heterocycles. The van der Waals surface area contributed by atoms with Crippen LogP contribution in [0, 0.1) is 0 Å². The minimum Gasteiger partial charge on any atom is -0.496 e. The molecule has 0 radical (unpaired) electrons. The summed E-state index contributed by atoms with van der Waals surface area (Å²) in [5, 5.41) is 3.64. The molecule has 5 heteroatoms. The molecule has 1 heterocycles. The van der Waals surface area contributed by atoms with Crippen molar-refractivity contribution in [3.8, 4) is 5.75 Å². The molecule has 1 aliphatic heterocycles. The summed E-state index contributed by atoms with van der Waals surface area (Å²) in [6.07, 6.45) is 3.67. The van der Waals surface area contributed by atoms with Crippen LogP contribution in [0.2, 0.25) is 0 Å². The van der Waals surface area contributed by atoms with E-state index in [-0.39, 0.29) is 29.4 Å². The van der Waals surface area contributed by atoms with Gasteiger partial charge in [0.2, 0.25) is 0 Å². The number of rotatable bonds is 3. The first-order valence-corrected chi connectivity index (χ1v) is 7.81. The molecule has 0 spiro atoms. The highest BCUT2D eigenvalue weighted by Crippen LogP contribution is 2.51. The first kappa shape index (κ1) is 17.4. The van der Waals surface area contributed by atoms with Crippen LogP contribution in [0.5, 0.6) is 5.75 Å². The van der Waals surface area contributed by atoms with E-state index in [0.29, 0.717) is 6.04 Å². The van der Waals surface area contributed by atoms with E-state index in [1.54, 1.807) is 7.11 Å². The fourth-order valence-electron chi connectivity index (χ4n) is 3.37. The lowest BCUT2D eigenvalue weighted by Crippen LogP contribution is -2.42. The smallest absolute Gasteiger partial charge is 0.193 e. The minimum absolute atomic E-state index is 0. The van der Waals surface area contributed by atoms with Gasteiger partial charge in [0.15, 0.2) is 5.96 Å². The Balaban J connectivity index is 0.00000176. The van der Waals surface area contributed by atoms with Crippen LogP contribution in [-0.4, -0.2) is 44.1 Å². The summed E-state index contributed by atoms with van der Waals surface area (Å²) in [4.78, 5) is 6.81. The number of likely N-dealkylation sites (tertiary alicyclic amines) is 1. The zero-order valence-electron chi connectivity index (χ0n) is 13.6. The average Bonchev–Trinajstić information content (AvgIpc) is 2.93. The van der Waals surface area contributed by atoms with Crippen LogP contribution in [0.15, 0.2) is 29.3 Å². The zero-order valence-corrected chi connectivity index (χ0v) is 16.0. The van der Waals surface area contributed by atoms with Gasteiger partial charge >= 0.3 is 0 Å². The highest BCUT2D eigenvalue weighted by Gasteiger charge is 2.53. The number of benzene rings is 1. The lowest BCUT2D eigenvalue weighted by Gasteiger charge is -2.23. The number of para-hydroxylation sites is 1. The second-order valence-electron chi connectivity index (χ2n) is 6.26. The van der Waals surface area contributed by atoms with Crippen molar-refractivity contribution in [2.24, 2.45) is 4.99 Å². The summed E-state index contributed by atoms with van der Waals surface area (Å²) in [5.41, 5.74) is 1.43. The van der Waals surface area contributed by atoms with E-state index in [1.165, 1.54) is 18.4 Å². The second-order valence-corrected chi connectivity index (χ2v) is 6.26. The first-order chi connectivity index (χ1) is 10.2. The molecule has 122 valence electrons. The highest BCUT2D eigenvalue weighted by atomic mass is 127. The molecule has 1 saturated carbocycles. The van der Waals surface area contributed by atoms with Crippen LogP contribution in [-0.2, 0) is 5.41 Å². The van der Waals surface area contributed by atoms with Crippen LogP contribution in [0.3, 0.4) is 0 Å². The van der Waals surface area contributed by atoms with Crippen molar-refractivity contribution < 1.29 is 4.74 Å². The molecule has 4 nitrogen and oxygen atoms in total. The molecule has 0 amide bonds. The van der Waals surface area contributed by atoms with Gasteiger partial charge in [-0.15, -0.1) is 24.0 Å². The molecular formula is C17H26IN3O. The Kier molecular flexibility index (Phi) is 5.58. The van der Waals surface area contributed by atoms with Gasteiger partial charge in [-0.05, 0) is 25.3 Å². The van der Waals surface area contributed by atoms with Gasteiger partial charge in [-0.25, -0.2) is 0 Å². The predicted molar refractivity (Wildman–Crippen MR) is 101 cm³/mol. The average molecular weight is 415 g/mol. The molecule has 2 fully saturated rings. The molecule has 2 atom stereocenters. The lowest BCUT2D eigenvalue weighted by atomic mass is 9.96. The molecule has 1 saturated heterocycles. The SMILES string of the molecule is CN=C(NC1CC1(C)c1ccccc1OC)N1CCCC1.I. The van der Waals surface area contributed by atoms with E-state index in [1.807, 2.05) is 19.2 Å². The van der Waals surface area contributed by atoms with Gasteiger partial charge in [-0.1, -0.05) is 25.1 Å². The van der Waals surface area contributed by atoms with Crippen molar-refractivity contribution in [1.82, 2.24) is 10.2 Å². The maximum Gasteiger partial charge on any atom is 0.193 e. The van der Waals surface area contributed by atoms with E-state index in [4.69, 9.17) is 4.74 Å². The Morgan fingerprint density at radius 3 is 2.64 bits per heavy atom. The Hall–Kier alpha value is -0.980. The summed E-state index contributed by atoms with van der Waals surface area (Å²) in [7, 11) is 3.62. The number of ether oxygens (including phenoxy) is 1. The minimum atomic E-state index is 0. The molecule has 22 heavy (non-hydrogen) atoms. The third-order valence-electron chi connectivity index (χ3n) is 4.88. The second kappa shape index (κ2) is 7.06. The topological polar surface area (TPSA) is 36.9 Å². The number of guanidine groups is 1. The molecule has 2 unspecified atom stereocenters. The van der Waals surface area contributed by atoms with Crippen LogP contribution in [0.1, 0.15) is 31.7 Å². The van der Waals surface area contributed by atoms with Gasteiger partial charge in [-0.2, -0.15) is 0 Å².